The second kappa shape index (κ2) is 10.3. The Hall–Kier alpha value is -3.60. The fourth-order valence-electron chi connectivity index (χ4n) is 5.32. The molecule has 8 nitrogen and oxygen atoms in total. The van der Waals surface area contributed by atoms with Crippen molar-refractivity contribution in [2.45, 2.75) is 51.7 Å². The smallest absolute Gasteiger partial charge is 0.406 e. The molecule has 3 fully saturated rings. The van der Waals surface area contributed by atoms with Gasteiger partial charge in [0.1, 0.15) is 18.1 Å². The Morgan fingerprint density at radius 2 is 1.87 bits per heavy atom. The van der Waals surface area contributed by atoms with E-state index in [2.05, 4.69) is 24.8 Å². The number of hydrogen-bond donors (Lipinski definition) is 1. The van der Waals surface area contributed by atoms with E-state index >= 15 is 0 Å². The van der Waals surface area contributed by atoms with Gasteiger partial charge in [-0.05, 0) is 57.0 Å². The van der Waals surface area contributed by atoms with Crippen molar-refractivity contribution in [1.29, 1.82) is 0 Å². The number of aromatic nitrogens is 2. The molecule has 1 amide bonds. The molecular weight excluding hydrogens is 499 g/mol. The van der Waals surface area contributed by atoms with Crippen molar-refractivity contribution in [3.05, 3.63) is 52.8 Å². The molecule has 3 aromatic rings. The first-order chi connectivity index (χ1) is 18.1. The number of nitrogens with one attached hydrogen (secondary N) is 1. The van der Waals surface area contributed by atoms with Gasteiger partial charge in [0.25, 0.3) is 5.56 Å². The highest BCUT2D eigenvalue weighted by atomic mass is 19.4. The molecule has 6 rings (SSSR count). The van der Waals surface area contributed by atoms with E-state index in [4.69, 9.17) is 0 Å². The van der Waals surface area contributed by atoms with Crippen LogP contribution in [0, 0.1) is 0 Å². The topological polar surface area (TPSA) is 79.7 Å². The maximum atomic E-state index is 13.8. The predicted octanol–water partition coefficient (Wildman–Crippen LogP) is 3.77. The van der Waals surface area contributed by atoms with Crippen molar-refractivity contribution in [1.82, 2.24) is 19.8 Å². The van der Waals surface area contributed by atoms with Gasteiger partial charge in [0, 0.05) is 49.5 Å². The summed E-state index contributed by atoms with van der Waals surface area (Å²) >= 11 is 0. The zero-order chi connectivity index (χ0) is 27.0. The molecule has 4 heterocycles. The van der Waals surface area contributed by atoms with E-state index in [1.165, 1.54) is 22.8 Å². The van der Waals surface area contributed by atoms with E-state index in [1.807, 2.05) is 12.1 Å². The second-order valence-electron chi connectivity index (χ2n) is 10.1. The summed E-state index contributed by atoms with van der Waals surface area (Å²) in [7, 11) is 0. The molecule has 0 spiro atoms. The van der Waals surface area contributed by atoms with E-state index in [0.717, 1.165) is 50.8 Å². The minimum atomic E-state index is -4.87. The number of hydrogen-bond acceptors (Lipinski definition) is 6. The average Bonchev–Trinajstić information content (AvgIpc) is 3.18. The first kappa shape index (κ1) is 26.0. The third kappa shape index (κ3) is 5.62. The van der Waals surface area contributed by atoms with Crippen molar-refractivity contribution in [3.63, 3.8) is 0 Å². The molecule has 3 aliphatic heterocycles. The molecule has 2 bridgehead atoms. The molecule has 0 atom stereocenters. The molecular formula is C27H30F3N5O3. The highest BCUT2D eigenvalue weighted by Crippen LogP contribution is 2.30. The van der Waals surface area contributed by atoms with Crippen LogP contribution >= 0.6 is 0 Å². The van der Waals surface area contributed by atoms with Gasteiger partial charge in [0.05, 0.1) is 10.9 Å². The number of benzene rings is 2. The van der Waals surface area contributed by atoms with E-state index in [1.54, 1.807) is 19.9 Å². The third-order valence-electron chi connectivity index (χ3n) is 7.00. The monoisotopic (exact) mass is 529 g/mol. The Balaban J connectivity index is 1.60. The van der Waals surface area contributed by atoms with Crippen LogP contribution in [0.1, 0.15) is 26.7 Å². The van der Waals surface area contributed by atoms with Gasteiger partial charge in [-0.2, -0.15) is 0 Å². The quantitative estimate of drug-likeness (QED) is 0.524. The summed E-state index contributed by atoms with van der Waals surface area (Å²) in [6.07, 6.45) is -2.75. The molecule has 11 heteroatoms. The van der Waals surface area contributed by atoms with Gasteiger partial charge in [0.15, 0.2) is 0 Å². The third-order valence-corrected chi connectivity index (χ3v) is 7.00. The summed E-state index contributed by atoms with van der Waals surface area (Å²) in [6.45, 7) is 7.22. The molecule has 0 radical (unpaired) electrons. The van der Waals surface area contributed by atoms with Crippen LogP contribution in [-0.2, 0) is 11.3 Å². The number of rotatable bonds is 6. The molecule has 0 saturated carbocycles. The van der Waals surface area contributed by atoms with Crippen LogP contribution in [0.25, 0.3) is 22.3 Å². The van der Waals surface area contributed by atoms with Crippen LogP contribution in [0.3, 0.4) is 0 Å². The Bertz CT molecular complexity index is 1400. The first-order valence-electron chi connectivity index (χ1n) is 12.8. The van der Waals surface area contributed by atoms with Gasteiger partial charge >= 0.3 is 6.36 Å². The first-order valence-corrected chi connectivity index (χ1v) is 12.8. The van der Waals surface area contributed by atoms with E-state index in [9.17, 15) is 22.8 Å². The van der Waals surface area contributed by atoms with Crippen molar-refractivity contribution in [3.8, 4) is 17.1 Å². The highest BCUT2D eigenvalue weighted by molar-refractivity contribution is 5.85. The van der Waals surface area contributed by atoms with Crippen LogP contribution in [-0.4, -0.2) is 65.0 Å². The number of halogens is 3. The van der Waals surface area contributed by atoms with Gasteiger partial charge in [0.2, 0.25) is 5.91 Å². The Labute approximate surface area is 218 Å². The van der Waals surface area contributed by atoms with Gasteiger partial charge in [-0.3, -0.25) is 14.2 Å². The molecule has 3 aliphatic rings. The van der Waals surface area contributed by atoms with E-state index in [-0.39, 0.29) is 24.0 Å². The molecule has 38 heavy (non-hydrogen) atoms. The molecule has 202 valence electrons. The van der Waals surface area contributed by atoms with Crippen LogP contribution in [0.15, 0.2) is 47.3 Å². The largest absolute Gasteiger partial charge is 0.573 e. The predicted molar refractivity (Wildman–Crippen MR) is 138 cm³/mol. The molecule has 3 saturated heterocycles. The number of fused-ring (bicyclic) bond motifs is 5. The van der Waals surface area contributed by atoms with Gasteiger partial charge in [-0.25, -0.2) is 4.98 Å². The lowest BCUT2D eigenvalue weighted by molar-refractivity contribution is -0.274. The number of alkyl halides is 3. The minimum absolute atomic E-state index is 0.0861. The molecule has 1 N–H and O–H groups in total. The number of amides is 1. The summed E-state index contributed by atoms with van der Waals surface area (Å²) in [6, 6.07) is 11.0. The van der Waals surface area contributed by atoms with Crippen LogP contribution in [0.5, 0.6) is 5.75 Å². The lowest BCUT2D eigenvalue weighted by atomic mass is 10.0. The second-order valence-corrected chi connectivity index (χ2v) is 10.1. The van der Waals surface area contributed by atoms with E-state index < -0.39 is 23.6 Å². The Morgan fingerprint density at radius 1 is 1.11 bits per heavy atom. The SMILES string of the molecule is CC(C)NC(=O)Cn1c(-c2cccc(OC(F)(F)F)c2)nc2ccc(N3CCN4CCC3CC4)cc2c1=O. The number of carbonyl (C=O) groups excluding carboxylic acids is 1. The van der Waals surface area contributed by atoms with Crippen LogP contribution < -0.4 is 20.5 Å². The molecule has 1 aromatic heterocycles. The van der Waals surface area contributed by atoms with Gasteiger partial charge in [-0.1, -0.05) is 12.1 Å². The maximum Gasteiger partial charge on any atom is 0.573 e. The lowest BCUT2D eigenvalue weighted by Crippen LogP contribution is -2.38. The standard InChI is InChI=1S/C27H30F3N5O3/c1-17(2)31-24(36)16-35-25(18-4-3-5-21(14-18)38-27(28,29)30)32-23-7-6-20(15-22(23)26(35)37)34-13-12-33-10-8-19(34)9-11-33/h3-7,14-15,17,19H,8-13,16H2,1-2H3,(H,31,36). The van der Waals surface area contributed by atoms with Crippen LogP contribution in [0.2, 0.25) is 0 Å². The van der Waals surface area contributed by atoms with E-state index in [0.29, 0.717) is 16.9 Å². The van der Waals surface area contributed by atoms with Crippen molar-refractivity contribution >= 4 is 22.5 Å². The highest BCUT2D eigenvalue weighted by Gasteiger charge is 2.32. The summed E-state index contributed by atoms with van der Waals surface area (Å²) in [5.74, 6) is -0.755. The summed E-state index contributed by atoms with van der Waals surface area (Å²) in [5.41, 5.74) is 1.12. The number of anilines is 1. The molecule has 2 aromatic carbocycles. The molecule has 0 unspecified atom stereocenters. The normalized spacial score (nSPS) is 19.6. The molecule has 0 aliphatic carbocycles. The fraction of sp³-hybridized carbons (Fsp3) is 0.444. The minimum Gasteiger partial charge on any atom is -0.406 e. The summed E-state index contributed by atoms with van der Waals surface area (Å²) in [5, 5.41) is 3.12. The van der Waals surface area contributed by atoms with Gasteiger partial charge in [-0.15, -0.1) is 13.2 Å². The summed E-state index contributed by atoms with van der Waals surface area (Å²) < 4.78 is 43.8. The Kier molecular flexibility index (Phi) is 7.04. The van der Waals surface area contributed by atoms with Crippen molar-refractivity contribution in [2.24, 2.45) is 0 Å². The maximum absolute atomic E-state index is 13.8. The number of piperidine rings is 1. The van der Waals surface area contributed by atoms with Gasteiger partial charge < -0.3 is 19.9 Å². The zero-order valence-corrected chi connectivity index (χ0v) is 21.3. The number of nitrogens with zero attached hydrogens (tertiary/aromatic N) is 4. The fourth-order valence-corrected chi connectivity index (χ4v) is 5.32. The zero-order valence-electron chi connectivity index (χ0n) is 21.3. The summed E-state index contributed by atoms with van der Waals surface area (Å²) in [4.78, 5) is 36.0. The average molecular weight is 530 g/mol. The van der Waals surface area contributed by atoms with Crippen molar-refractivity contribution < 1.29 is 22.7 Å². The number of carbonyl (C=O) groups is 1. The number of ether oxygens (including phenoxy) is 1. The Morgan fingerprint density at radius 3 is 2.58 bits per heavy atom. The van der Waals surface area contributed by atoms with Crippen LogP contribution in [0.4, 0.5) is 18.9 Å². The lowest BCUT2D eigenvalue weighted by Gasteiger charge is -2.33. The van der Waals surface area contributed by atoms with Crippen molar-refractivity contribution in [2.75, 3.05) is 31.1 Å².